The summed E-state index contributed by atoms with van der Waals surface area (Å²) in [5.74, 6) is -0.316. The predicted molar refractivity (Wildman–Crippen MR) is 106 cm³/mol. The van der Waals surface area contributed by atoms with Crippen molar-refractivity contribution < 1.29 is 9.59 Å². The van der Waals surface area contributed by atoms with Gasteiger partial charge in [0.2, 0.25) is 11.8 Å². The summed E-state index contributed by atoms with van der Waals surface area (Å²) in [6.45, 7) is 5.22. The summed E-state index contributed by atoms with van der Waals surface area (Å²) in [5, 5.41) is 9.43. The van der Waals surface area contributed by atoms with Crippen LogP contribution in [0.25, 0.3) is 0 Å². The Labute approximate surface area is 161 Å². The van der Waals surface area contributed by atoms with Crippen LogP contribution in [-0.4, -0.2) is 48.9 Å². The molecule has 0 radical (unpaired) electrons. The minimum absolute atomic E-state index is 0.157. The third-order valence-electron chi connectivity index (χ3n) is 5.31. The normalized spacial score (nSPS) is 19.8. The first-order valence-corrected chi connectivity index (χ1v) is 10.0. The van der Waals surface area contributed by atoms with Gasteiger partial charge in [-0.25, -0.2) is 0 Å². The summed E-state index contributed by atoms with van der Waals surface area (Å²) in [5.41, 5.74) is 9.20. The molecule has 0 aromatic heterocycles. The highest BCUT2D eigenvalue weighted by atomic mass is 16.2. The number of piperidine rings is 1. The van der Waals surface area contributed by atoms with E-state index in [0.29, 0.717) is 12.8 Å². The maximum absolute atomic E-state index is 12.2. The smallest absolute Gasteiger partial charge is 0.243 e. The molecule has 2 heterocycles. The number of imide groups is 1. The van der Waals surface area contributed by atoms with Gasteiger partial charge in [-0.1, -0.05) is 12.1 Å². The molecule has 3 rings (SSSR count). The second-order valence-electron chi connectivity index (χ2n) is 7.34. The third kappa shape index (κ3) is 5.28. The molecule has 0 bridgehead atoms. The Kier molecular flexibility index (Phi) is 7.20. The van der Waals surface area contributed by atoms with Gasteiger partial charge in [0.1, 0.15) is 0 Å². The van der Waals surface area contributed by atoms with Crippen molar-refractivity contribution in [1.29, 1.82) is 0 Å². The zero-order valence-electron chi connectivity index (χ0n) is 15.9. The van der Waals surface area contributed by atoms with E-state index in [4.69, 9.17) is 5.73 Å². The second-order valence-corrected chi connectivity index (χ2v) is 7.34. The SMILES string of the molecule is NCCCNCCCCNc1cccc2c1CN(C1CCC(=O)NC1=O)C2. The number of benzene rings is 1. The number of anilines is 1. The van der Waals surface area contributed by atoms with Crippen molar-refractivity contribution >= 4 is 17.5 Å². The first-order valence-electron chi connectivity index (χ1n) is 10.0. The molecule has 1 aromatic carbocycles. The fraction of sp³-hybridized carbons (Fsp3) is 0.600. The number of carbonyl (C=O) groups excluding carboxylic acids is 2. The number of amides is 2. The van der Waals surface area contributed by atoms with Gasteiger partial charge in [-0.3, -0.25) is 19.8 Å². The lowest BCUT2D eigenvalue weighted by Crippen LogP contribution is -2.50. The van der Waals surface area contributed by atoms with Crippen molar-refractivity contribution in [3.05, 3.63) is 29.3 Å². The van der Waals surface area contributed by atoms with Gasteiger partial charge in [-0.05, 0) is 62.5 Å². The molecule has 1 atom stereocenters. The molecule has 7 nitrogen and oxygen atoms in total. The van der Waals surface area contributed by atoms with E-state index in [1.54, 1.807) is 0 Å². The Balaban J connectivity index is 1.47. The van der Waals surface area contributed by atoms with Gasteiger partial charge in [0.25, 0.3) is 0 Å². The van der Waals surface area contributed by atoms with Crippen LogP contribution in [0.4, 0.5) is 5.69 Å². The van der Waals surface area contributed by atoms with Crippen LogP contribution in [-0.2, 0) is 22.7 Å². The van der Waals surface area contributed by atoms with Gasteiger partial charge in [0.15, 0.2) is 0 Å². The van der Waals surface area contributed by atoms with Crippen LogP contribution in [0.3, 0.4) is 0 Å². The number of nitrogens with two attached hydrogens (primary N) is 1. The standard InChI is InChI=1S/C20H31N5O2/c21-9-4-11-22-10-1-2-12-23-17-6-3-5-15-13-25(14-16(15)17)18-7-8-19(26)24-20(18)27/h3,5-6,18,22-23H,1-2,4,7-14,21H2,(H,24,26,27). The van der Waals surface area contributed by atoms with Crippen LogP contribution in [0.1, 0.15) is 43.2 Å². The predicted octanol–water partition coefficient (Wildman–Crippen LogP) is 0.938. The minimum Gasteiger partial charge on any atom is -0.385 e. The van der Waals surface area contributed by atoms with E-state index in [-0.39, 0.29) is 17.9 Å². The number of nitrogens with one attached hydrogen (secondary N) is 3. The number of hydrogen-bond donors (Lipinski definition) is 4. The summed E-state index contributed by atoms with van der Waals surface area (Å²) in [7, 11) is 0. The first-order chi connectivity index (χ1) is 13.2. The molecular weight excluding hydrogens is 342 g/mol. The van der Waals surface area contributed by atoms with Gasteiger partial charge in [0, 0.05) is 31.7 Å². The van der Waals surface area contributed by atoms with E-state index >= 15 is 0 Å². The Hall–Kier alpha value is -1.96. The number of nitrogens with zero attached hydrogens (tertiary/aromatic N) is 1. The highest BCUT2D eigenvalue weighted by Gasteiger charge is 2.35. The maximum atomic E-state index is 12.2. The molecule has 2 aliphatic rings. The number of fused-ring (bicyclic) bond motifs is 1. The van der Waals surface area contributed by atoms with Crippen LogP contribution in [0.2, 0.25) is 0 Å². The van der Waals surface area contributed by atoms with Crippen LogP contribution in [0.5, 0.6) is 0 Å². The zero-order valence-corrected chi connectivity index (χ0v) is 15.9. The van der Waals surface area contributed by atoms with Crippen molar-refractivity contribution in [2.45, 2.75) is 51.2 Å². The molecular formula is C20H31N5O2. The topological polar surface area (TPSA) is 99.5 Å². The molecule has 5 N–H and O–H groups in total. The quantitative estimate of drug-likeness (QED) is 0.360. The second kappa shape index (κ2) is 9.82. The monoisotopic (exact) mass is 373 g/mol. The summed E-state index contributed by atoms with van der Waals surface area (Å²) < 4.78 is 0. The van der Waals surface area contributed by atoms with E-state index < -0.39 is 0 Å². The third-order valence-corrected chi connectivity index (χ3v) is 5.31. The molecule has 2 amide bonds. The van der Waals surface area contributed by atoms with Gasteiger partial charge in [-0.2, -0.15) is 0 Å². The number of hydrogen-bond acceptors (Lipinski definition) is 6. The van der Waals surface area contributed by atoms with E-state index in [1.165, 1.54) is 16.8 Å². The van der Waals surface area contributed by atoms with Crippen molar-refractivity contribution in [3.63, 3.8) is 0 Å². The molecule has 148 valence electrons. The lowest BCUT2D eigenvalue weighted by Gasteiger charge is -2.29. The largest absolute Gasteiger partial charge is 0.385 e. The number of unbranched alkanes of at least 4 members (excludes halogenated alkanes) is 1. The highest BCUT2D eigenvalue weighted by Crippen LogP contribution is 2.32. The highest BCUT2D eigenvalue weighted by molar-refractivity contribution is 6.00. The van der Waals surface area contributed by atoms with Crippen LogP contribution >= 0.6 is 0 Å². The zero-order chi connectivity index (χ0) is 19.1. The van der Waals surface area contributed by atoms with E-state index in [0.717, 1.165) is 58.5 Å². The van der Waals surface area contributed by atoms with Crippen molar-refractivity contribution in [1.82, 2.24) is 15.5 Å². The van der Waals surface area contributed by atoms with Gasteiger partial charge in [0.05, 0.1) is 6.04 Å². The maximum Gasteiger partial charge on any atom is 0.243 e. The van der Waals surface area contributed by atoms with E-state index in [1.807, 2.05) is 0 Å². The molecule has 27 heavy (non-hydrogen) atoms. The van der Waals surface area contributed by atoms with E-state index in [9.17, 15) is 9.59 Å². The summed E-state index contributed by atoms with van der Waals surface area (Å²) >= 11 is 0. The summed E-state index contributed by atoms with van der Waals surface area (Å²) in [6.07, 6.45) is 4.30. The number of carbonyl (C=O) groups is 2. The molecule has 0 spiro atoms. The van der Waals surface area contributed by atoms with Crippen molar-refractivity contribution in [2.75, 3.05) is 31.5 Å². The molecule has 1 aromatic rings. The van der Waals surface area contributed by atoms with Crippen molar-refractivity contribution in [2.24, 2.45) is 5.73 Å². The lowest BCUT2D eigenvalue weighted by molar-refractivity contribution is -0.137. The average Bonchev–Trinajstić information content (AvgIpc) is 3.08. The molecule has 1 unspecified atom stereocenters. The molecule has 1 saturated heterocycles. The van der Waals surface area contributed by atoms with Crippen LogP contribution in [0, 0.1) is 0 Å². The molecule has 2 aliphatic heterocycles. The van der Waals surface area contributed by atoms with Gasteiger partial charge >= 0.3 is 0 Å². The minimum atomic E-state index is -0.206. The fourth-order valence-electron chi connectivity index (χ4n) is 3.81. The van der Waals surface area contributed by atoms with Gasteiger partial charge in [-0.15, -0.1) is 0 Å². The van der Waals surface area contributed by atoms with Gasteiger partial charge < -0.3 is 16.4 Å². The summed E-state index contributed by atoms with van der Waals surface area (Å²) in [6, 6.07) is 6.12. The average molecular weight is 374 g/mol. The number of rotatable bonds is 10. The summed E-state index contributed by atoms with van der Waals surface area (Å²) in [4.78, 5) is 25.7. The van der Waals surface area contributed by atoms with Crippen LogP contribution < -0.4 is 21.7 Å². The van der Waals surface area contributed by atoms with E-state index in [2.05, 4.69) is 39.0 Å². The molecule has 0 saturated carbocycles. The molecule has 7 heteroatoms. The van der Waals surface area contributed by atoms with Crippen molar-refractivity contribution in [3.8, 4) is 0 Å². The Morgan fingerprint density at radius 1 is 1.11 bits per heavy atom. The Morgan fingerprint density at radius 3 is 2.74 bits per heavy atom. The molecule has 0 aliphatic carbocycles. The Morgan fingerprint density at radius 2 is 1.93 bits per heavy atom. The molecule has 1 fully saturated rings. The first kappa shape index (κ1) is 19.8. The fourth-order valence-corrected chi connectivity index (χ4v) is 3.81. The lowest BCUT2D eigenvalue weighted by atomic mass is 10.0. The Bertz CT molecular complexity index is 664. The van der Waals surface area contributed by atoms with Crippen LogP contribution in [0.15, 0.2) is 18.2 Å².